The Bertz CT molecular complexity index is 505. The van der Waals surface area contributed by atoms with Gasteiger partial charge in [-0.1, -0.05) is 58.5 Å². The zero-order valence-corrected chi connectivity index (χ0v) is 11.4. The number of halogens is 4. The lowest BCUT2D eigenvalue weighted by atomic mass is 10.3. The first kappa shape index (κ1) is 12.8. The molecule has 2 aromatic rings. The van der Waals surface area contributed by atoms with Gasteiger partial charge in [-0.05, 0) is 24.3 Å². The van der Waals surface area contributed by atoms with Crippen molar-refractivity contribution in [1.29, 1.82) is 0 Å². The highest BCUT2D eigenvalue weighted by atomic mass is 35.5. The van der Waals surface area contributed by atoms with Crippen LogP contribution in [-0.4, -0.2) is 0 Å². The summed E-state index contributed by atoms with van der Waals surface area (Å²) in [7, 11) is 0. The Morgan fingerprint density at radius 2 is 1.06 bits per heavy atom. The van der Waals surface area contributed by atoms with Gasteiger partial charge >= 0.3 is 0 Å². The first-order chi connectivity index (χ1) is 8.09. The molecule has 5 heteroatoms. The molecule has 0 bridgehead atoms. The minimum atomic E-state index is 0.338. The van der Waals surface area contributed by atoms with Crippen molar-refractivity contribution in [3.8, 4) is 11.5 Å². The van der Waals surface area contributed by atoms with Gasteiger partial charge in [0, 0.05) is 0 Å². The highest BCUT2D eigenvalue weighted by molar-refractivity contribution is 6.43. The Labute approximate surface area is 119 Å². The van der Waals surface area contributed by atoms with E-state index >= 15 is 0 Å². The molecule has 0 spiro atoms. The maximum absolute atomic E-state index is 6.00. The summed E-state index contributed by atoms with van der Waals surface area (Å²) >= 11 is 23.8. The van der Waals surface area contributed by atoms with Crippen molar-refractivity contribution >= 4 is 46.4 Å². The number of benzene rings is 2. The normalized spacial score (nSPS) is 10.4. The van der Waals surface area contributed by atoms with E-state index in [1.165, 1.54) is 0 Å². The van der Waals surface area contributed by atoms with Crippen molar-refractivity contribution in [2.45, 2.75) is 0 Å². The average molecular weight is 308 g/mol. The fourth-order valence-corrected chi connectivity index (χ4v) is 1.91. The summed E-state index contributed by atoms with van der Waals surface area (Å²) in [5.74, 6) is 0.867. The molecule has 0 radical (unpaired) electrons. The second-order valence-corrected chi connectivity index (χ2v) is 4.78. The predicted octanol–water partition coefficient (Wildman–Crippen LogP) is 6.09. The predicted molar refractivity (Wildman–Crippen MR) is 73.0 cm³/mol. The van der Waals surface area contributed by atoms with E-state index in [2.05, 4.69) is 0 Å². The lowest BCUT2D eigenvalue weighted by Gasteiger charge is -2.10. The van der Waals surface area contributed by atoms with Crippen LogP contribution in [0.3, 0.4) is 0 Å². The molecule has 0 amide bonds. The van der Waals surface area contributed by atoms with Crippen LogP contribution in [0.25, 0.3) is 0 Å². The van der Waals surface area contributed by atoms with E-state index in [1.807, 2.05) is 0 Å². The van der Waals surface area contributed by atoms with E-state index in [0.29, 0.717) is 31.6 Å². The molecule has 88 valence electrons. The molecule has 0 aliphatic rings. The SMILES string of the molecule is Clc1cccc(Oc2cccc(Cl)c2Cl)c1Cl. The number of ether oxygens (including phenoxy) is 1. The van der Waals surface area contributed by atoms with E-state index in [0.717, 1.165) is 0 Å². The van der Waals surface area contributed by atoms with Crippen molar-refractivity contribution in [1.82, 2.24) is 0 Å². The molecule has 17 heavy (non-hydrogen) atoms. The van der Waals surface area contributed by atoms with E-state index in [1.54, 1.807) is 36.4 Å². The molecule has 2 rings (SSSR count). The first-order valence-electron chi connectivity index (χ1n) is 4.65. The monoisotopic (exact) mass is 306 g/mol. The smallest absolute Gasteiger partial charge is 0.147 e. The fourth-order valence-electron chi connectivity index (χ4n) is 1.24. The molecule has 0 saturated carbocycles. The molecule has 0 atom stereocenters. The van der Waals surface area contributed by atoms with Gasteiger partial charge in [0.1, 0.15) is 21.5 Å². The van der Waals surface area contributed by atoms with Crippen molar-refractivity contribution in [2.24, 2.45) is 0 Å². The molecule has 2 aromatic carbocycles. The third-order valence-electron chi connectivity index (χ3n) is 2.05. The van der Waals surface area contributed by atoms with Gasteiger partial charge in [0.2, 0.25) is 0 Å². The molecule has 0 heterocycles. The molecule has 1 nitrogen and oxygen atoms in total. The van der Waals surface area contributed by atoms with Gasteiger partial charge in [0.25, 0.3) is 0 Å². The van der Waals surface area contributed by atoms with Crippen LogP contribution in [0.4, 0.5) is 0 Å². The third kappa shape index (κ3) is 2.80. The Morgan fingerprint density at radius 3 is 1.47 bits per heavy atom. The van der Waals surface area contributed by atoms with Gasteiger partial charge in [0.05, 0.1) is 10.0 Å². The minimum absolute atomic E-state index is 0.338. The van der Waals surface area contributed by atoms with Crippen LogP contribution >= 0.6 is 46.4 Å². The highest BCUT2D eigenvalue weighted by Crippen LogP contribution is 2.39. The van der Waals surface area contributed by atoms with E-state index in [-0.39, 0.29) is 0 Å². The second kappa shape index (κ2) is 5.36. The molecule has 0 fully saturated rings. The standard InChI is InChI=1S/C12H6Cl4O/c13-7-3-1-5-9(11(7)15)17-10-6-2-4-8(14)12(10)16/h1-6H. The third-order valence-corrected chi connectivity index (χ3v) is 3.66. The maximum Gasteiger partial charge on any atom is 0.147 e. The Morgan fingerprint density at radius 1 is 0.647 bits per heavy atom. The molecule has 0 N–H and O–H groups in total. The summed E-state index contributed by atoms with van der Waals surface area (Å²) in [6.45, 7) is 0. The molecule has 0 saturated heterocycles. The van der Waals surface area contributed by atoms with Crippen molar-refractivity contribution in [3.63, 3.8) is 0 Å². The molecule has 0 aliphatic heterocycles. The van der Waals surface area contributed by atoms with Gasteiger partial charge in [-0.15, -0.1) is 0 Å². The molecular weight excluding hydrogens is 302 g/mol. The van der Waals surface area contributed by atoms with Gasteiger partial charge < -0.3 is 4.74 Å². The van der Waals surface area contributed by atoms with Crippen LogP contribution in [0.2, 0.25) is 20.1 Å². The zero-order chi connectivity index (χ0) is 12.4. The summed E-state index contributed by atoms with van der Waals surface area (Å²) in [5, 5.41) is 1.51. The molecule has 0 unspecified atom stereocenters. The topological polar surface area (TPSA) is 9.23 Å². The Kier molecular flexibility index (Phi) is 4.05. The Balaban J connectivity index is 2.38. The van der Waals surface area contributed by atoms with Crippen LogP contribution in [0.1, 0.15) is 0 Å². The summed E-state index contributed by atoms with van der Waals surface area (Å²) < 4.78 is 5.57. The summed E-state index contributed by atoms with van der Waals surface area (Å²) in [5.41, 5.74) is 0. The second-order valence-electron chi connectivity index (χ2n) is 3.21. The van der Waals surface area contributed by atoms with Gasteiger partial charge in [-0.3, -0.25) is 0 Å². The lowest BCUT2D eigenvalue weighted by Crippen LogP contribution is -1.87. The minimum Gasteiger partial charge on any atom is -0.454 e. The van der Waals surface area contributed by atoms with Gasteiger partial charge in [-0.2, -0.15) is 0 Å². The van der Waals surface area contributed by atoms with Gasteiger partial charge in [-0.25, -0.2) is 0 Å². The summed E-state index contributed by atoms with van der Waals surface area (Å²) in [6.07, 6.45) is 0. The van der Waals surface area contributed by atoms with Gasteiger partial charge in [0.15, 0.2) is 0 Å². The zero-order valence-electron chi connectivity index (χ0n) is 8.38. The number of hydrogen-bond donors (Lipinski definition) is 0. The fraction of sp³-hybridized carbons (Fsp3) is 0. The van der Waals surface area contributed by atoms with Crippen LogP contribution in [-0.2, 0) is 0 Å². The van der Waals surface area contributed by atoms with Crippen LogP contribution in [0.15, 0.2) is 36.4 Å². The van der Waals surface area contributed by atoms with E-state index < -0.39 is 0 Å². The van der Waals surface area contributed by atoms with E-state index in [9.17, 15) is 0 Å². The lowest BCUT2D eigenvalue weighted by molar-refractivity contribution is 0.483. The van der Waals surface area contributed by atoms with Crippen LogP contribution in [0.5, 0.6) is 11.5 Å². The Hall–Kier alpha value is -0.600. The number of hydrogen-bond acceptors (Lipinski definition) is 1. The molecule has 0 aromatic heterocycles. The first-order valence-corrected chi connectivity index (χ1v) is 6.16. The largest absolute Gasteiger partial charge is 0.454 e. The van der Waals surface area contributed by atoms with Crippen molar-refractivity contribution in [2.75, 3.05) is 0 Å². The summed E-state index contributed by atoms with van der Waals surface area (Å²) in [6, 6.07) is 10.2. The summed E-state index contributed by atoms with van der Waals surface area (Å²) in [4.78, 5) is 0. The van der Waals surface area contributed by atoms with Crippen molar-refractivity contribution < 1.29 is 4.74 Å². The van der Waals surface area contributed by atoms with E-state index in [4.69, 9.17) is 51.1 Å². The van der Waals surface area contributed by atoms with Crippen LogP contribution in [0, 0.1) is 0 Å². The average Bonchev–Trinajstić information content (AvgIpc) is 2.31. The maximum atomic E-state index is 6.00. The quantitative estimate of drug-likeness (QED) is 0.652. The van der Waals surface area contributed by atoms with Crippen LogP contribution < -0.4 is 4.74 Å². The van der Waals surface area contributed by atoms with Crippen molar-refractivity contribution in [3.05, 3.63) is 56.5 Å². The highest BCUT2D eigenvalue weighted by Gasteiger charge is 2.10. The number of rotatable bonds is 2. The molecular formula is C12H6Cl4O. The molecule has 0 aliphatic carbocycles.